The van der Waals surface area contributed by atoms with Crippen LogP contribution in [0, 0.1) is 0 Å². The zero-order valence-corrected chi connectivity index (χ0v) is 9.98. The van der Waals surface area contributed by atoms with Crippen molar-refractivity contribution in [1.29, 1.82) is 0 Å². The molecule has 0 bridgehead atoms. The molecule has 6 heteroatoms. The van der Waals surface area contributed by atoms with Crippen molar-refractivity contribution >= 4 is 23.3 Å². The van der Waals surface area contributed by atoms with Gasteiger partial charge in [-0.15, -0.1) is 0 Å². The molecule has 88 valence electrons. The van der Waals surface area contributed by atoms with E-state index >= 15 is 0 Å². The van der Waals surface area contributed by atoms with Crippen molar-refractivity contribution in [1.82, 2.24) is 14.8 Å². The smallest absolute Gasteiger partial charge is 0.277 e. The van der Waals surface area contributed by atoms with E-state index < -0.39 is 0 Å². The maximum absolute atomic E-state index is 11.8. The number of carbonyl (C=O) groups is 1. The van der Waals surface area contributed by atoms with Gasteiger partial charge in [-0.2, -0.15) is 5.10 Å². The van der Waals surface area contributed by atoms with Crippen molar-refractivity contribution in [2.24, 2.45) is 0 Å². The van der Waals surface area contributed by atoms with Crippen molar-refractivity contribution in [3.8, 4) is 0 Å². The number of anilines is 1. The molecule has 0 aromatic carbocycles. The first-order valence-corrected chi connectivity index (χ1v) is 5.53. The molecule has 0 radical (unpaired) electrons. The van der Waals surface area contributed by atoms with Crippen LogP contribution < -0.4 is 5.32 Å². The minimum absolute atomic E-state index is 0.285. The first kappa shape index (κ1) is 11.6. The molecule has 17 heavy (non-hydrogen) atoms. The number of nitrogens with one attached hydrogen (secondary N) is 1. The molecule has 0 saturated heterocycles. The second-order valence-electron chi connectivity index (χ2n) is 3.37. The van der Waals surface area contributed by atoms with Gasteiger partial charge in [0.25, 0.3) is 5.91 Å². The maximum atomic E-state index is 11.8. The summed E-state index contributed by atoms with van der Waals surface area (Å²) >= 11 is 5.70. The van der Waals surface area contributed by atoms with Gasteiger partial charge in [0.1, 0.15) is 5.82 Å². The third kappa shape index (κ3) is 2.82. The number of nitrogens with zero attached hydrogens (tertiary/aromatic N) is 3. The van der Waals surface area contributed by atoms with E-state index in [1.165, 1.54) is 6.20 Å². The average Bonchev–Trinajstić information content (AvgIpc) is 2.81. The molecule has 0 aliphatic rings. The molecule has 0 atom stereocenters. The summed E-state index contributed by atoms with van der Waals surface area (Å²) < 4.78 is 1.68. The zero-order valence-electron chi connectivity index (χ0n) is 9.22. The monoisotopic (exact) mass is 250 g/mol. The van der Waals surface area contributed by atoms with Crippen LogP contribution in [0.25, 0.3) is 0 Å². The van der Waals surface area contributed by atoms with E-state index in [9.17, 15) is 4.79 Å². The number of aromatic nitrogens is 3. The fourth-order valence-electron chi connectivity index (χ4n) is 1.29. The summed E-state index contributed by atoms with van der Waals surface area (Å²) in [6.45, 7) is 2.68. The van der Waals surface area contributed by atoms with Crippen LogP contribution in [0.1, 0.15) is 17.4 Å². The van der Waals surface area contributed by atoms with Crippen molar-refractivity contribution < 1.29 is 4.79 Å². The van der Waals surface area contributed by atoms with E-state index in [4.69, 9.17) is 11.6 Å². The predicted molar refractivity (Wildman–Crippen MR) is 65.1 cm³/mol. The Kier molecular flexibility index (Phi) is 3.39. The fraction of sp³-hybridized carbons (Fsp3) is 0.182. The van der Waals surface area contributed by atoms with E-state index in [1.807, 2.05) is 6.92 Å². The molecule has 5 nitrogen and oxygen atoms in total. The van der Waals surface area contributed by atoms with Crippen LogP contribution >= 0.6 is 11.6 Å². The van der Waals surface area contributed by atoms with Crippen LogP contribution in [0.2, 0.25) is 5.02 Å². The van der Waals surface area contributed by atoms with E-state index in [0.29, 0.717) is 16.5 Å². The first-order chi connectivity index (χ1) is 8.19. The van der Waals surface area contributed by atoms with Gasteiger partial charge in [0.15, 0.2) is 5.69 Å². The van der Waals surface area contributed by atoms with E-state index in [0.717, 1.165) is 6.54 Å². The summed E-state index contributed by atoms with van der Waals surface area (Å²) in [4.78, 5) is 15.7. The van der Waals surface area contributed by atoms with Gasteiger partial charge in [0, 0.05) is 18.9 Å². The van der Waals surface area contributed by atoms with E-state index in [2.05, 4.69) is 15.4 Å². The molecule has 0 aliphatic carbocycles. The molecular formula is C11H11ClN4O. The second kappa shape index (κ2) is 4.97. The topological polar surface area (TPSA) is 59.8 Å². The molecule has 0 fully saturated rings. The van der Waals surface area contributed by atoms with Crippen LogP contribution in [0.15, 0.2) is 30.6 Å². The number of rotatable bonds is 3. The molecule has 2 aromatic heterocycles. The molecule has 1 amide bonds. The molecule has 0 unspecified atom stereocenters. The Morgan fingerprint density at radius 1 is 1.47 bits per heavy atom. The Labute approximate surface area is 103 Å². The summed E-state index contributed by atoms with van der Waals surface area (Å²) in [5.74, 6) is 0.164. The quantitative estimate of drug-likeness (QED) is 0.909. The standard InChI is InChI=1S/C11H11ClN4O/c1-2-16-6-5-9(15-16)11(17)14-10-4-3-8(12)7-13-10/h3-7H,2H2,1H3,(H,13,14,17). The van der Waals surface area contributed by atoms with Gasteiger partial charge in [-0.05, 0) is 25.1 Å². The summed E-state index contributed by atoms with van der Waals surface area (Å²) in [6, 6.07) is 4.96. The van der Waals surface area contributed by atoms with Gasteiger partial charge in [-0.3, -0.25) is 9.48 Å². The normalized spacial score (nSPS) is 10.2. The van der Waals surface area contributed by atoms with Crippen LogP contribution in [0.5, 0.6) is 0 Å². The number of pyridine rings is 1. The Morgan fingerprint density at radius 3 is 2.88 bits per heavy atom. The minimum atomic E-state index is -0.285. The van der Waals surface area contributed by atoms with E-state index in [1.54, 1.807) is 29.1 Å². The third-order valence-electron chi connectivity index (χ3n) is 2.17. The van der Waals surface area contributed by atoms with Crippen LogP contribution in [-0.2, 0) is 6.54 Å². The number of hydrogen-bond donors (Lipinski definition) is 1. The highest BCUT2D eigenvalue weighted by atomic mass is 35.5. The SMILES string of the molecule is CCn1ccc(C(=O)Nc2ccc(Cl)cn2)n1. The van der Waals surface area contributed by atoms with Gasteiger partial charge in [-0.1, -0.05) is 11.6 Å². The highest BCUT2D eigenvalue weighted by molar-refractivity contribution is 6.30. The number of amides is 1. The average molecular weight is 251 g/mol. The largest absolute Gasteiger partial charge is 0.305 e. The van der Waals surface area contributed by atoms with Crippen LogP contribution in [0.4, 0.5) is 5.82 Å². The molecule has 0 saturated carbocycles. The van der Waals surface area contributed by atoms with Crippen molar-refractivity contribution in [2.45, 2.75) is 13.5 Å². The highest BCUT2D eigenvalue weighted by Gasteiger charge is 2.09. The van der Waals surface area contributed by atoms with E-state index in [-0.39, 0.29) is 5.91 Å². The lowest BCUT2D eigenvalue weighted by atomic mass is 10.4. The minimum Gasteiger partial charge on any atom is -0.305 e. The van der Waals surface area contributed by atoms with Crippen molar-refractivity contribution in [2.75, 3.05) is 5.32 Å². The number of carbonyl (C=O) groups excluding carboxylic acids is 1. The predicted octanol–water partition coefficient (Wildman–Crippen LogP) is 2.20. The summed E-state index contributed by atoms with van der Waals surface area (Å²) in [7, 11) is 0. The first-order valence-electron chi connectivity index (χ1n) is 5.15. The summed E-state index contributed by atoms with van der Waals surface area (Å²) in [5, 5.41) is 7.26. The molecule has 0 spiro atoms. The number of halogens is 1. The molecule has 2 rings (SSSR count). The second-order valence-corrected chi connectivity index (χ2v) is 3.81. The van der Waals surface area contributed by atoms with Gasteiger partial charge >= 0.3 is 0 Å². The third-order valence-corrected chi connectivity index (χ3v) is 2.39. The Balaban J connectivity index is 2.08. The van der Waals surface area contributed by atoms with Gasteiger partial charge in [0.2, 0.25) is 0 Å². The summed E-state index contributed by atoms with van der Waals surface area (Å²) in [5.41, 5.74) is 0.364. The van der Waals surface area contributed by atoms with Crippen molar-refractivity contribution in [3.63, 3.8) is 0 Å². The molecule has 2 heterocycles. The molecule has 2 aromatic rings. The van der Waals surface area contributed by atoms with Gasteiger partial charge in [0.05, 0.1) is 5.02 Å². The Hall–Kier alpha value is -1.88. The number of aryl methyl sites for hydroxylation is 1. The van der Waals surface area contributed by atoms with Crippen LogP contribution in [-0.4, -0.2) is 20.7 Å². The zero-order chi connectivity index (χ0) is 12.3. The Morgan fingerprint density at radius 2 is 2.29 bits per heavy atom. The molecular weight excluding hydrogens is 240 g/mol. The number of hydrogen-bond acceptors (Lipinski definition) is 3. The summed E-state index contributed by atoms with van der Waals surface area (Å²) in [6.07, 6.45) is 3.23. The fourth-order valence-corrected chi connectivity index (χ4v) is 1.40. The van der Waals surface area contributed by atoms with Crippen LogP contribution in [0.3, 0.4) is 0 Å². The van der Waals surface area contributed by atoms with Crippen molar-refractivity contribution in [3.05, 3.63) is 41.3 Å². The lowest BCUT2D eigenvalue weighted by molar-refractivity contribution is 0.102. The Bertz CT molecular complexity index is 521. The molecule has 0 aliphatic heterocycles. The molecule has 1 N–H and O–H groups in total. The highest BCUT2D eigenvalue weighted by Crippen LogP contribution is 2.10. The van der Waals surface area contributed by atoms with Gasteiger partial charge in [-0.25, -0.2) is 4.98 Å². The lowest BCUT2D eigenvalue weighted by Gasteiger charge is -2.01. The van der Waals surface area contributed by atoms with Gasteiger partial charge < -0.3 is 5.32 Å². The maximum Gasteiger partial charge on any atom is 0.277 e. The lowest BCUT2D eigenvalue weighted by Crippen LogP contribution is -2.14.